The molecule has 3 heterocycles. The van der Waals surface area contributed by atoms with E-state index in [4.69, 9.17) is 11.6 Å². The molecule has 0 unspecified atom stereocenters. The van der Waals surface area contributed by atoms with E-state index in [2.05, 4.69) is 4.90 Å². The minimum absolute atomic E-state index is 0.0200. The standard InChI is InChI=1S/C18H24ClN3O2/c1-20-11-14(19)9-15(20)16(23)22-8-6-18(12-22)5-2-7-21(17(18)24)10-13-3-4-13/h9,11,13H,2-8,10,12H2,1H3/t18-/m1/s1. The molecular formula is C18H24ClN3O2. The number of nitrogens with zero attached hydrogens (tertiary/aromatic N) is 3. The van der Waals surface area contributed by atoms with E-state index in [9.17, 15) is 9.59 Å². The van der Waals surface area contributed by atoms with Gasteiger partial charge in [-0.2, -0.15) is 0 Å². The monoisotopic (exact) mass is 349 g/mol. The molecule has 3 aliphatic rings. The number of carbonyl (C=O) groups is 2. The Kier molecular flexibility index (Phi) is 3.87. The zero-order chi connectivity index (χ0) is 16.9. The first-order valence-corrected chi connectivity index (χ1v) is 9.27. The summed E-state index contributed by atoms with van der Waals surface area (Å²) < 4.78 is 1.76. The van der Waals surface area contributed by atoms with Crippen molar-refractivity contribution in [2.24, 2.45) is 18.4 Å². The second-order valence-corrected chi connectivity index (χ2v) is 8.15. The van der Waals surface area contributed by atoms with Crippen LogP contribution in [0.25, 0.3) is 0 Å². The van der Waals surface area contributed by atoms with Crippen molar-refractivity contribution in [3.63, 3.8) is 0 Å². The van der Waals surface area contributed by atoms with Crippen LogP contribution in [-0.2, 0) is 11.8 Å². The smallest absolute Gasteiger partial charge is 0.270 e. The van der Waals surface area contributed by atoms with Gasteiger partial charge in [0.2, 0.25) is 5.91 Å². The van der Waals surface area contributed by atoms with Gasteiger partial charge >= 0.3 is 0 Å². The van der Waals surface area contributed by atoms with E-state index in [-0.39, 0.29) is 17.2 Å². The minimum Gasteiger partial charge on any atom is -0.345 e. The Labute approximate surface area is 147 Å². The number of piperidine rings is 1. The second kappa shape index (κ2) is 5.80. The molecule has 1 aromatic heterocycles. The van der Waals surface area contributed by atoms with Crippen molar-refractivity contribution >= 4 is 23.4 Å². The first-order chi connectivity index (χ1) is 11.5. The molecule has 0 aromatic carbocycles. The summed E-state index contributed by atoms with van der Waals surface area (Å²) >= 11 is 6.00. The van der Waals surface area contributed by atoms with Crippen LogP contribution in [0.5, 0.6) is 0 Å². The van der Waals surface area contributed by atoms with Gasteiger partial charge in [-0.25, -0.2) is 0 Å². The molecule has 3 fully saturated rings. The molecule has 24 heavy (non-hydrogen) atoms. The van der Waals surface area contributed by atoms with Crippen molar-refractivity contribution in [1.82, 2.24) is 14.4 Å². The van der Waals surface area contributed by atoms with Crippen LogP contribution in [0.2, 0.25) is 5.02 Å². The molecule has 6 heteroatoms. The fourth-order valence-electron chi connectivity index (χ4n) is 4.26. The van der Waals surface area contributed by atoms with Gasteiger partial charge in [0.05, 0.1) is 10.4 Å². The lowest BCUT2D eigenvalue weighted by Crippen LogP contribution is -2.51. The maximum atomic E-state index is 13.1. The van der Waals surface area contributed by atoms with Gasteiger partial charge in [0.15, 0.2) is 0 Å². The average Bonchev–Trinajstić information content (AvgIpc) is 3.16. The molecule has 0 N–H and O–H groups in total. The summed E-state index contributed by atoms with van der Waals surface area (Å²) in [5.74, 6) is 0.975. The quantitative estimate of drug-likeness (QED) is 0.841. The van der Waals surface area contributed by atoms with E-state index >= 15 is 0 Å². The summed E-state index contributed by atoms with van der Waals surface area (Å²) in [6.07, 6.45) is 7.01. The van der Waals surface area contributed by atoms with Gasteiger partial charge < -0.3 is 14.4 Å². The van der Waals surface area contributed by atoms with Crippen LogP contribution < -0.4 is 0 Å². The van der Waals surface area contributed by atoms with Crippen LogP contribution in [0, 0.1) is 11.3 Å². The molecule has 1 saturated carbocycles. The molecule has 1 aromatic rings. The summed E-state index contributed by atoms with van der Waals surface area (Å²) in [4.78, 5) is 29.8. The van der Waals surface area contributed by atoms with Crippen molar-refractivity contribution in [2.75, 3.05) is 26.2 Å². The molecule has 5 nitrogen and oxygen atoms in total. The van der Waals surface area contributed by atoms with Crippen molar-refractivity contribution in [3.05, 3.63) is 23.0 Å². The third kappa shape index (κ3) is 2.73. The fourth-order valence-corrected chi connectivity index (χ4v) is 4.51. The Morgan fingerprint density at radius 1 is 1.33 bits per heavy atom. The molecule has 2 aliphatic heterocycles. The average molecular weight is 350 g/mol. The third-order valence-electron chi connectivity index (χ3n) is 5.83. The second-order valence-electron chi connectivity index (χ2n) is 7.71. The maximum Gasteiger partial charge on any atom is 0.270 e. The van der Waals surface area contributed by atoms with E-state index < -0.39 is 0 Å². The van der Waals surface area contributed by atoms with Crippen LogP contribution in [0.1, 0.15) is 42.6 Å². The molecule has 2 amide bonds. The van der Waals surface area contributed by atoms with Gasteiger partial charge in [0.25, 0.3) is 5.91 Å². The minimum atomic E-state index is -0.349. The number of carbonyl (C=O) groups excluding carboxylic acids is 2. The molecule has 2 saturated heterocycles. The lowest BCUT2D eigenvalue weighted by atomic mass is 9.78. The van der Waals surface area contributed by atoms with Crippen molar-refractivity contribution in [1.29, 1.82) is 0 Å². The molecule has 1 atom stereocenters. The van der Waals surface area contributed by atoms with E-state index in [1.54, 1.807) is 16.8 Å². The highest BCUT2D eigenvalue weighted by Gasteiger charge is 2.50. The largest absolute Gasteiger partial charge is 0.345 e. The lowest BCUT2D eigenvalue weighted by Gasteiger charge is -2.39. The Hall–Kier alpha value is -1.49. The molecule has 130 valence electrons. The Morgan fingerprint density at radius 3 is 2.79 bits per heavy atom. The summed E-state index contributed by atoms with van der Waals surface area (Å²) in [6, 6.07) is 1.71. The van der Waals surface area contributed by atoms with Gasteiger partial charge in [0.1, 0.15) is 5.69 Å². The Bertz CT molecular complexity index is 682. The number of halogens is 1. The van der Waals surface area contributed by atoms with Gasteiger partial charge in [-0.05, 0) is 44.1 Å². The van der Waals surface area contributed by atoms with E-state index in [1.807, 2.05) is 11.9 Å². The van der Waals surface area contributed by atoms with Gasteiger partial charge in [0, 0.05) is 39.4 Å². The number of hydrogen-bond donors (Lipinski definition) is 0. The summed E-state index contributed by atoms with van der Waals surface area (Å²) in [5.41, 5.74) is 0.243. The zero-order valence-electron chi connectivity index (χ0n) is 14.1. The van der Waals surface area contributed by atoms with E-state index in [1.165, 1.54) is 12.8 Å². The predicted octanol–water partition coefficient (Wildman–Crippen LogP) is 2.54. The van der Waals surface area contributed by atoms with E-state index in [0.29, 0.717) is 29.7 Å². The van der Waals surface area contributed by atoms with Crippen molar-refractivity contribution in [3.8, 4) is 0 Å². The maximum absolute atomic E-state index is 13.1. The van der Waals surface area contributed by atoms with Gasteiger partial charge in [-0.3, -0.25) is 9.59 Å². The van der Waals surface area contributed by atoms with Gasteiger partial charge in [-0.15, -0.1) is 0 Å². The molecule has 1 spiro atoms. The lowest BCUT2D eigenvalue weighted by molar-refractivity contribution is -0.145. The number of amides is 2. The van der Waals surface area contributed by atoms with Crippen molar-refractivity contribution < 1.29 is 9.59 Å². The number of aromatic nitrogens is 1. The predicted molar refractivity (Wildman–Crippen MR) is 91.9 cm³/mol. The number of rotatable bonds is 3. The van der Waals surface area contributed by atoms with Gasteiger partial charge in [-0.1, -0.05) is 11.6 Å². The Morgan fingerprint density at radius 2 is 2.12 bits per heavy atom. The highest BCUT2D eigenvalue weighted by Crippen LogP contribution is 2.42. The first kappa shape index (κ1) is 16.0. The van der Waals surface area contributed by atoms with Crippen LogP contribution in [0.3, 0.4) is 0 Å². The fraction of sp³-hybridized carbons (Fsp3) is 0.667. The number of likely N-dealkylation sites (tertiary alicyclic amines) is 2. The summed E-state index contributed by atoms with van der Waals surface area (Å²) in [5, 5.41) is 0.569. The molecule has 1 aliphatic carbocycles. The third-order valence-corrected chi connectivity index (χ3v) is 6.04. The normalized spacial score (nSPS) is 27.3. The molecule has 0 radical (unpaired) electrons. The molecular weight excluding hydrogens is 326 g/mol. The summed E-state index contributed by atoms with van der Waals surface area (Å²) in [6.45, 7) is 3.01. The highest BCUT2D eigenvalue weighted by atomic mass is 35.5. The molecule has 4 rings (SSSR count). The zero-order valence-corrected chi connectivity index (χ0v) is 14.9. The van der Waals surface area contributed by atoms with Crippen molar-refractivity contribution in [2.45, 2.75) is 32.1 Å². The van der Waals surface area contributed by atoms with Crippen LogP contribution in [0.15, 0.2) is 12.3 Å². The van der Waals surface area contributed by atoms with Crippen LogP contribution >= 0.6 is 11.6 Å². The Balaban J connectivity index is 1.49. The van der Waals surface area contributed by atoms with E-state index in [0.717, 1.165) is 32.4 Å². The number of aryl methyl sites for hydroxylation is 1. The number of hydrogen-bond acceptors (Lipinski definition) is 2. The SMILES string of the molecule is Cn1cc(Cl)cc1C(=O)N1CC[C@]2(CCCN(CC3CC3)C2=O)C1. The summed E-state index contributed by atoms with van der Waals surface area (Å²) in [7, 11) is 1.83. The topological polar surface area (TPSA) is 45.6 Å². The van der Waals surface area contributed by atoms with Crippen LogP contribution in [-0.4, -0.2) is 52.4 Å². The molecule has 0 bridgehead atoms. The first-order valence-electron chi connectivity index (χ1n) is 8.89. The highest BCUT2D eigenvalue weighted by molar-refractivity contribution is 6.31. The van der Waals surface area contributed by atoms with Crippen LogP contribution in [0.4, 0.5) is 0 Å².